The second-order valence-corrected chi connectivity index (χ2v) is 4.11. The van der Waals surface area contributed by atoms with Crippen LogP contribution in [0.2, 0.25) is 0 Å². The number of rotatable bonds is 1. The van der Waals surface area contributed by atoms with E-state index in [1.165, 1.54) is 12.4 Å². The fourth-order valence-corrected chi connectivity index (χ4v) is 0.951. The highest BCUT2D eigenvalue weighted by Crippen LogP contribution is 2.09. The van der Waals surface area contributed by atoms with Gasteiger partial charge in [0.1, 0.15) is 5.60 Å². The molecule has 0 fully saturated rings. The lowest BCUT2D eigenvalue weighted by molar-refractivity contribution is 0.0514. The summed E-state index contributed by atoms with van der Waals surface area (Å²) in [4.78, 5) is 11.5. The van der Waals surface area contributed by atoms with Crippen LogP contribution in [0.25, 0.3) is 0 Å². The third kappa shape index (κ3) is 3.43. The lowest BCUT2D eigenvalue weighted by atomic mass is 10.2. The number of nitriles is 1. The van der Waals surface area contributed by atoms with Gasteiger partial charge >= 0.3 is 6.09 Å². The molecule has 0 atom stereocenters. The van der Waals surface area contributed by atoms with Crippen molar-refractivity contribution in [1.29, 1.82) is 5.26 Å². The SMILES string of the molecule is CC(C)(C)OC(=O)n1cc(CC#N)cn1. The summed E-state index contributed by atoms with van der Waals surface area (Å²) in [6, 6.07) is 1.98. The Bertz CT molecular complexity index is 396. The van der Waals surface area contributed by atoms with E-state index < -0.39 is 11.7 Å². The van der Waals surface area contributed by atoms with Crippen LogP contribution >= 0.6 is 0 Å². The van der Waals surface area contributed by atoms with E-state index >= 15 is 0 Å². The van der Waals surface area contributed by atoms with Gasteiger partial charge in [-0.2, -0.15) is 15.0 Å². The van der Waals surface area contributed by atoms with Crippen LogP contribution in [-0.2, 0) is 11.2 Å². The number of ether oxygens (including phenoxy) is 1. The molecule has 80 valence electrons. The van der Waals surface area contributed by atoms with Gasteiger partial charge in [0, 0.05) is 11.8 Å². The van der Waals surface area contributed by atoms with Crippen molar-refractivity contribution in [2.75, 3.05) is 0 Å². The maximum atomic E-state index is 11.5. The highest BCUT2D eigenvalue weighted by Gasteiger charge is 2.18. The maximum Gasteiger partial charge on any atom is 0.435 e. The van der Waals surface area contributed by atoms with Gasteiger partial charge in [-0.05, 0) is 20.8 Å². The molecule has 0 amide bonds. The smallest absolute Gasteiger partial charge is 0.435 e. The van der Waals surface area contributed by atoms with Gasteiger partial charge in [-0.25, -0.2) is 4.79 Å². The molecule has 0 N–H and O–H groups in total. The van der Waals surface area contributed by atoms with Gasteiger partial charge in [0.2, 0.25) is 0 Å². The summed E-state index contributed by atoms with van der Waals surface area (Å²) in [6.07, 6.45) is 2.68. The lowest BCUT2D eigenvalue weighted by Crippen LogP contribution is -2.27. The molecule has 0 saturated heterocycles. The first kappa shape index (κ1) is 11.2. The van der Waals surface area contributed by atoms with Crippen LogP contribution in [0.15, 0.2) is 12.4 Å². The van der Waals surface area contributed by atoms with Gasteiger partial charge in [0.25, 0.3) is 0 Å². The van der Waals surface area contributed by atoms with Crippen molar-refractivity contribution in [2.24, 2.45) is 0 Å². The Morgan fingerprint density at radius 3 is 2.87 bits per heavy atom. The fourth-order valence-electron chi connectivity index (χ4n) is 0.951. The first-order chi connectivity index (χ1) is 6.92. The van der Waals surface area contributed by atoms with Crippen molar-refractivity contribution in [3.63, 3.8) is 0 Å². The molecule has 1 rings (SSSR count). The van der Waals surface area contributed by atoms with Gasteiger partial charge in [0.05, 0.1) is 18.7 Å². The zero-order valence-electron chi connectivity index (χ0n) is 9.02. The van der Waals surface area contributed by atoms with Gasteiger partial charge in [0.15, 0.2) is 0 Å². The minimum Gasteiger partial charge on any atom is -0.442 e. The molecule has 0 aliphatic rings. The van der Waals surface area contributed by atoms with E-state index in [0.29, 0.717) is 5.56 Å². The molecule has 0 aliphatic heterocycles. The summed E-state index contributed by atoms with van der Waals surface area (Å²) in [6.45, 7) is 5.35. The molecule has 5 heteroatoms. The Morgan fingerprint density at radius 1 is 1.67 bits per heavy atom. The second-order valence-electron chi connectivity index (χ2n) is 4.11. The molecule has 5 nitrogen and oxygen atoms in total. The molecule has 0 spiro atoms. The van der Waals surface area contributed by atoms with Crippen LogP contribution in [0.1, 0.15) is 26.3 Å². The molecule has 0 bridgehead atoms. The first-order valence-corrected chi connectivity index (χ1v) is 4.56. The number of nitrogens with zero attached hydrogens (tertiary/aromatic N) is 3. The highest BCUT2D eigenvalue weighted by atomic mass is 16.6. The summed E-state index contributed by atoms with van der Waals surface area (Å²) in [7, 11) is 0. The largest absolute Gasteiger partial charge is 0.442 e. The minimum absolute atomic E-state index is 0.239. The topological polar surface area (TPSA) is 67.9 Å². The van der Waals surface area contributed by atoms with Crippen molar-refractivity contribution >= 4 is 6.09 Å². The monoisotopic (exact) mass is 207 g/mol. The van der Waals surface area contributed by atoms with E-state index in [0.717, 1.165) is 4.68 Å². The molecule has 0 aromatic carbocycles. The number of hydrogen-bond donors (Lipinski definition) is 0. The van der Waals surface area contributed by atoms with Gasteiger partial charge in [-0.15, -0.1) is 0 Å². The van der Waals surface area contributed by atoms with Crippen LogP contribution in [-0.4, -0.2) is 21.5 Å². The van der Waals surface area contributed by atoms with Crippen molar-refractivity contribution in [2.45, 2.75) is 32.8 Å². The number of carbonyl (C=O) groups is 1. The van der Waals surface area contributed by atoms with Crippen LogP contribution in [0.4, 0.5) is 4.79 Å². The van der Waals surface area contributed by atoms with Crippen molar-refractivity contribution in [3.8, 4) is 6.07 Å². The van der Waals surface area contributed by atoms with Crippen LogP contribution in [0, 0.1) is 11.3 Å². The molecule has 1 aromatic heterocycles. The van der Waals surface area contributed by atoms with Crippen LogP contribution < -0.4 is 0 Å². The van der Waals surface area contributed by atoms with Crippen molar-refractivity contribution in [3.05, 3.63) is 18.0 Å². The normalized spacial score (nSPS) is 10.8. The van der Waals surface area contributed by atoms with Crippen molar-refractivity contribution < 1.29 is 9.53 Å². The van der Waals surface area contributed by atoms with Gasteiger partial charge < -0.3 is 4.74 Å². The third-order valence-corrected chi connectivity index (χ3v) is 1.50. The summed E-state index contributed by atoms with van der Waals surface area (Å²) < 4.78 is 6.19. The Kier molecular flexibility index (Phi) is 3.10. The summed E-state index contributed by atoms with van der Waals surface area (Å²) in [5.41, 5.74) is 0.154. The Morgan fingerprint density at radius 2 is 2.33 bits per heavy atom. The highest BCUT2D eigenvalue weighted by molar-refractivity contribution is 5.69. The number of aromatic nitrogens is 2. The number of hydrogen-bond acceptors (Lipinski definition) is 4. The lowest BCUT2D eigenvalue weighted by Gasteiger charge is -2.18. The Balaban J connectivity index is 2.71. The van der Waals surface area contributed by atoms with Crippen molar-refractivity contribution in [1.82, 2.24) is 9.78 Å². The molecule has 15 heavy (non-hydrogen) atoms. The maximum absolute atomic E-state index is 11.5. The minimum atomic E-state index is -0.543. The van der Waals surface area contributed by atoms with Gasteiger partial charge in [-0.1, -0.05) is 0 Å². The fraction of sp³-hybridized carbons (Fsp3) is 0.500. The van der Waals surface area contributed by atoms with E-state index in [9.17, 15) is 4.79 Å². The first-order valence-electron chi connectivity index (χ1n) is 4.56. The van der Waals surface area contributed by atoms with E-state index in [1.807, 2.05) is 6.07 Å². The predicted octanol–water partition coefficient (Wildman–Crippen LogP) is 1.73. The molecule has 0 aliphatic carbocycles. The summed E-state index contributed by atoms with van der Waals surface area (Å²) in [5, 5.41) is 12.3. The molecule has 1 aromatic rings. The standard InChI is InChI=1S/C10H13N3O2/c1-10(2,3)15-9(14)13-7-8(4-5-11)6-12-13/h6-7H,4H2,1-3H3. The van der Waals surface area contributed by atoms with E-state index in [-0.39, 0.29) is 6.42 Å². The van der Waals surface area contributed by atoms with Gasteiger partial charge in [-0.3, -0.25) is 0 Å². The second kappa shape index (κ2) is 4.13. The molecular formula is C10H13N3O2. The van der Waals surface area contributed by atoms with E-state index in [1.54, 1.807) is 20.8 Å². The molecule has 1 heterocycles. The third-order valence-electron chi connectivity index (χ3n) is 1.50. The summed E-state index contributed by atoms with van der Waals surface area (Å²) in [5.74, 6) is 0. The Labute approximate surface area is 88.3 Å². The molecular weight excluding hydrogens is 194 g/mol. The molecule has 0 saturated carbocycles. The zero-order valence-corrected chi connectivity index (χ0v) is 9.02. The molecule has 0 radical (unpaired) electrons. The van der Waals surface area contributed by atoms with Crippen LogP contribution in [0.5, 0.6) is 0 Å². The average Bonchev–Trinajstić information content (AvgIpc) is 2.50. The zero-order chi connectivity index (χ0) is 11.5. The van der Waals surface area contributed by atoms with E-state index in [2.05, 4.69) is 5.10 Å². The Hall–Kier alpha value is -1.83. The number of carbonyl (C=O) groups excluding carboxylic acids is 1. The predicted molar refractivity (Wildman–Crippen MR) is 53.2 cm³/mol. The van der Waals surface area contributed by atoms with Crippen LogP contribution in [0.3, 0.4) is 0 Å². The summed E-state index contributed by atoms with van der Waals surface area (Å²) >= 11 is 0. The average molecular weight is 207 g/mol. The van der Waals surface area contributed by atoms with E-state index in [4.69, 9.17) is 10.00 Å². The quantitative estimate of drug-likeness (QED) is 0.703. The molecule has 0 unspecified atom stereocenters.